The quantitative estimate of drug-likeness (QED) is 0.833. The van der Waals surface area contributed by atoms with Gasteiger partial charge in [-0.3, -0.25) is 0 Å². The monoisotopic (exact) mass is 255 g/mol. The Kier molecular flexibility index (Phi) is 3.99. The van der Waals surface area contributed by atoms with E-state index in [1.54, 1.807) is 18.2 Å². The van der Waals surface area contributed by atoms with E-state index in [0.29, 0.717) is 30.6 Å². The summed E-state index contributed by atoms with van der Waals surface area (Å²) in [7, 11) is 0. The first kappa shape index (κ1) is 12.9. The highest BCUT2D eigenvalue weighted by atomic mass is 16.5. The fraction of sp³-hybridized carbons (Fsp3) is 0.200. The molecule has 0 fully saturated rings. The molecular formula is C15H13NO3. The van der Waals surface area contributed by atoms with Gasteiger partial charge in [0.15, 0.2) is 0 Å². The van der Waals surface area contributed by atoms with E-state index in [4.69, 9.17) is 10.00 Å². The maximum atomic E-state index is 11.4. The number of aromatic carboxylic acids is 1. The Morgan fingerprint density at radius 2 is 2.05 bits per heavy atom. The van der Waals surface area contributed by atoms with Crippen molar-refractivity contribution in [3.8, 4) is 11.8 Å². The molecule has 19 heavy (non-hydrogen) atoms. The topological polar surface area (TPSA) is 70.3 Å². The fourth-order valence-corrected chi connectivity index (χ4v) is 1.93. The minimum atomic E-state index is -1.01. The molecule has 0 aliphatic carbocycles. The number of rotatable bonds is 5. The molecule has 0 unspecified atom stereocenters. The van der Waals surface area contributed by atoms with E-state index in [1.807, 2.05) is 24.3 Å². The fourth-order valence-electron chi connectivity index (χ4n) is 1.93. The minimum Gasteiger partial charge on any atom is -0.493 e. The third-order valence-corrected chi connectivity index (χ3v) is 2.80. The molecule has 4 nitrogen and oxygen atoms in total. The molecule has 0 radical (unpaired) electrons. The predicted molar refractivity (Wildman–Crippen MR) is 71.2 cm³/mol. The molecule has 96 valence electrons. The van der Waals surface area contributed by atoms with Crippen LogP contribution in [0.1, 0.15) is 23.2 Å². The van der Waals surface area contributed by atoms with Gasteiger partial charge in [-0.2, -0.15) is 5.26 Å². The van der Waals surface area contributed by atoms with Crippen molar-refractivity contribution >= 4 is 16.7 Å². The summed E-state index contributed by atoms with van der Waals surface area (Å²) >= 11 is 0. The first-order chi connectivity index (χ1) is 9.24. The number of carbonyl (C=O) groups is 1. The number of benzene rings is 2. The number of ether oxygens (including phenoxy) is 1. The lowest BCUT2D eigenvalue weighted by atomic mass is 10.0. The summed E-state index contributed by atoms with van der Waals surface area (Å²) in [5, 5.41) is 19.3. The molecular weight excluding hydrogens is 242 g/mol. The molecule has 0 aromatic heterocycles. The average molecular weight is 255 g/mol. The number of hydrogen-bond acceptors (Lipinski definition) is 3. The predicted octanol–water partition coefficient (Wildman–Crippen LogP) is 3.22. The Morgan fingerprint density at radius 1 is 1.26 bits per heavy atom. The summed E-state index contributed by atoms with van der Waals surface area (Å²) in [6.07, 6.45) is 0.984. The van der Waals surface area contributed by atoms with Gasteiger partial charge in [-0.05, 0) is 23.3 Å². The highest BCUT2D eigenvalue weighted by molar-refractivity contribution is 6.06. The molecule has 0 saturated heterocycles. The minimum absolute atomic E-state index is 0.176. The van der Waals surface area contributed by atoms with Crippen LogP contribution in [0.2, 0.25) is 0 Å². The van der Waals surface area contributed by atoms with Crippen molar-refractivity contribution in [2.24, 2.45) is 0 Å². The van der Waals surface area contributed by atoms with Crippen LogP contribution in [0.4, 0.5) is 0 Å². The summed E-state index contributed by atoms with van der Waals surface area (Å²) in [5.74, 6) is -0.656. The number of carboxylic acid groups (broad SMARTS) is 1. The third-order valence-electron chi connectivity index (χ3n) is 2.80. The number of nitriles is 1. The lowest BCUT2D eigenvalue weighted by molar-refractivity contribution is 0.0694. The van der Waals surface area contributed by atoms with E-state index in [0.717, 1.165) is 5.39 Å². The number of nitrogens with zero attached hydrogens (tertiary/aromatic N) is 1. The van der Waals surface area contributed by atoms with Crippen LogP contribution in [0.5, 0.6) is 5.75 Å². The van der Waals surface area contributed by atoms with Gasteiger partial charge in [0.2, 0.25) is 0 Å². The SMILES string of the molecule is N#CCCCOc1ccc2ccccc2c1C(=O)O. The Balaban J connectivity index is 2.35. The van der Waals surface area contributed by atoms with Crippen LogP contribution in [0.15, 0.2) is 36.4 Å². The number of fused-ring (bicyclic) bond motifs is 1. The molecule has 0 saturated carbocycles. The summed E-state index contributed by atoms with van der Waals surface area (Å²) in [5.41, 5.74) is 0.176. The molecule has 2 rings (SSSR count). The third kappa shape index (κ3) is 2.83. The van der Waals surface area contributed by atoms with Crippen molar-refractivity contribution in [1.29, 1.82) is 5.26 Å². The van der Waals surface area contributed by atoms with Crippen LogP contribution < -0.4 is 4.74 Å². The molecule has 1 N–H and O–H groups in total. The van der Waals surface area contributed by atoms with Crippen molar-refractivity contribution in [2.45, 2.75) is 12.8 Å². The van der Waals surface area contributed by atoms with Gasteiger partial charge in [0.1, 0.15) is 11.3 Å². The number of hydrogen-bond donors (Lipinski definition) is 1. The molecule has 0 bridgehead atoms. The average Bonchev–Trinajstić information content (AvgIpc) is 2.42. The standard InChI is InChI=1S/C15H13NO3/c16-9-3-4-10-19-13-8-7-11-5-1-2-6-12(11)14(13)15(17)18/h1-2,5-8H,3-4,10H2,(H,17,18). The smallest absolute Gasteiger partial charge is 0.340 e. The molecule has 0 aliphatic rings. The van der Waals surface area contributed by atoms with Gasteiger partial charge in [0.25, 0.3) is 0 Å². The zero-order chi connectivity index (χ0) is 13.7. The van der Waals surface area contributed by atoms with Crippen LogP contribution >= 0.6 is 0 Å². The first-order valence-corrected chi connectivity index (χ1v) is 5.99. The normalized spacial score (nSPS) is 10.1. The van der Waals surface area contributed by atoms with Crippen molar-refractivity contribution < 1.29 is 14.6 Å². The lowest BCUT2D eigenvalue weighted by Gasteiger charge is -2.11. The Labute approximate surface area is 110 Å². The summed E-state index contributed by atoms with van der Waals surface area (Å²) < 4.78 is 5.48. The Bertz CT molecular complexity index is 643. The molecule has 0 amide bonds. The lowest BCUT2D eigenvalue weighted by Crippen LogP contribution is -2.05. The second kappa shape index (κ2) is 5.87. The molecule has 0 spiro atoms. The van der Waals surface area contributed by atoms with Crippen molar-refractivity contribution in [3.63, 3.8) is 0 Å². The summed E-state index contributed by atoms with van der Waals surface area (Å²) in [6, 6.07) is 12.8. The van der Waals surface area contributed by atoms with E-state index in [-0.39, 0.29) is 5.56 Å². The highest BCUT2D eigenvalue weighted by Crippen LogP contribution is 2.28. The van der Waals surface area contributed by atoms with E-state index >= 15 is 0 Å². The van der Waals surface area contributed by atoms with Gasteiger partial charge < -0.3 is 9.84 Å². The van der Waals surface area contributed by atoms with Crippen molar-refractivity contribution in [2.75, 3.05) is 6.61 Å². The zero-order valence-electron chi connectivity index (χ0n) is 10.3. The van der Waals surface area contributed by atoms with E-state index < -0.39 is 5.97 Å². The highest BCUT2D eigenvalue weighted by Gasteiger charge is 2.15. The molecule has 2 aromatic rings. The largest absolute Gasteiger partial charge is 0.493 e. The Morgan fingerprint density at radius 3 is 2.79 bits per heavy atom. The molecule has 0 heterocycles. The van der Waals surface area contributed by atoms with Gasteiger partial charge in [-0.25, -0.2) is 4.79 Å². The second-order valence-electron chi connectivity index (χ2n) is 4.08. The van der Waals surface area contributed by atoms with Gasteiger partial charge in [0.05, 0.1) is 12.7 Å². The van der Waals surface area contributed by atoms with Crippen LogP contribution in [-0.2, 0) is 0 Å². The molecule has 4 heteroatoms. The van der Waals surface area contributed by atoms with Gasteiger partial charge in [-0.1, -0.05) is 30.3 Å². The van der Waals surface area contributed by atoms with Crippen LogP contribution in [0.25, 0.3) is 10.8 Å². The van der Waals surface area contributed by atoms with E-state index in [2.05, 4.69) is 0 Å². The maximum absolute atomic E-state index is 11.4. The zero-order valence-corrected chi connectivity index (χ0v) is 10.3. The van der Waals surface area contributed by atoms with Gasteiger partial charge in [0, 0.05) is 6.42 Å². The van der Waals surface area contributed by atoms with E-state index in [9.17, 15) is 9.90 Å². The number of carboxylic acids is 1. The maximum Gasteiger partial charge on any atom is 0.340 e. The molecule has 0 atom stereocenters. The summed E-state index contributed by atoms with van der Waals surface area (Å²) in [4.78, 5) is 11.4. The van der Waals surface area contributed by atoms with Gasteiger partial charge >= 0.3 is 5.97 Å². The summed E-state index contributed by atoms with van der Waals surface area (Å²) in [6.45, 7) is 0.339. The van der Waals surface area contributed by atoms with Crippen LogP contribution in [0.3, 0.4) is 0 Å². The van der Waals surface area contributed by atoms with Crippen LogP contribution in [0, 0.1) is 11.3 Å². The molecule has 2 aromatic carbocycles. The van der Waals surface area contributed by atoms with Crippen molar-refractivity contribution in [1.82, 2.24) is 0 Å². The van der Waals surface area contributed by atoms with Crippen molar-refractivity contribution in [3.05, 3.63) is 42.0 Å². The van der Waals surface area contributed by atoms with Crippen LogP contribution in [-0.4, -0.2) is 17.7 Å². The second-order valence-corrected chi connectivity index (χ2v) is 4.08. The number of unbranched alkanes of at least 4 members (excludes halogenated alkanes) is 1. The van der Waals surface area contributed by atoms with Gasteiger partial charge in [-0.15, -0.1) is 0 Å². The first-order valence-electron chi connectivity index (χ1n) is 5.99. The molecule has 0 aliphatic heterocycles. The van der Waals surface area contributed by atoms with E-state index in [1.165, 1.54) is 0 Å². The Hall–Kier alpha value is -2.54.